The van der Waals surface area contributed by atoms with E-state index in [0.29, 0.717) is 17.4 Å². The number of carbonyl (C=O) groups excluding carboxylic acids is 1. The molecule has 1 N–H and O–H groups in total. The van der Waals surface area contributed by atoms with Gasteiger partial charge in [-0.2, -0.15) is 0 Å². The second kappa shape index (κ2) is 5.52. The highest BCUT2D eigenvalue weighted by atomic mass is 79.9. The molecule has 0 radical (unpaired) electrons. The molecule has 0 atom stereocenters. The van der Waals surface area contributed by atoms with Gasteiger partial charge < -0.3 is 10.0 Å². The first kappa shape index (κ1) is 13.1. The Labute approximate surface area is 114 Å². The molecular weight excluding hydrogens is 298 g/mol. The van der Waals surface area contributed by atoms with Crippen LogP contribution in [0.25, 0.3) is 0 Å². The van der Waals surface area contributed by atoms with Crippen molar-refractivity contribution in [2.45, 2.75) is 25.7 Å². The predicted octanol–water partition coefficient (Wildman–Crippen LogP) is 3.05. The Hall–Kier alpha value is -1.36. The first-order valence-electron chi connectivity index (χ1n) is 5.93. The van der Waals surface area contributed by atoms with E-state index in [2.05, 4.69) is 15.9 Å². The molecule has 0 aliphatic carbocycles. The van der Waals surface area contributed by atoms with Crippen LogP contribution in [0.1, 0.15) is 36.0 Å². The molecule has 4 nitrogen and oxygen atoms in total. The molecule has 1 aromatic carbocycles. The zero-order valence-corrected chi connectivity index (χ0v) is 11.4. The summed E-state index contributed by atoms with van der Waals surface area (Å²) < 4.78 is 0.651. The zero-order valence-electron chi connectivity index (χ0n) is 9.86. The summed E-state index contributed by atoms with van der Waals surface area (Å²) in [5.41, 5.74) is 0.972. The average Bonchev–Trinajstić information content (AvgIpc) is 2.54. The van der Waals surface area contributed by atoms with Crippen LogP contribution in [-0.4, -0.2) is 23.5 Å². The van der Waals surface area contributed by atoms with Gasteiger partial charge in [-0.15, -0.1) is 0 Å². The monoisotopic (exact) mass is 311 g/mol. The van der Waals surface area contributed by atoms with Crippen molar-refractivity contribution in [1.82, 2.24) is 0 Å². The Balaban J connectivity index is 2.32. The van der Waals surface area contributed by atoms with Crippen molar-refractivity contribution < 1.29 is 14.7 Å². The summed E-state index contributed by atoms with van der Waals surface area (Å²) in [6.07, 6.45) is 3.54. The second-order valence-corrected chi connectivity index (χ2v) is 5.18. The molecule has 2 rings (SSSR count). The number of aromatic carboxylic acids is 1. The topological polar surface area (TPSA) is 57.6 Å². The van der Waals surface area contributed by atoms with Gasteiger partial charge in [-0.25, -0.2) is 4.79 Å². The Morgan fingerprint density at radius 1 is 1.28 bits per heavy atom. The highest BCUT2D eigenvalue weighted by molar-refractivity contribution is 9.10. The minimum atomic E-state index is -0.968. The number of carboxylic acids is 1. The van der Waals surface area contributed by atoms with Gasteiger partial charge in [-0.05, 0) is 47.0 Å². The van der Waals surface area contributed by atoms with E-state index in [9.17, 15) is 9.59 Å². The molecule has 0 spiro atoms. The summed E-state index contributed by atoms with van der Waals surface area (Å²) in [6.45, 7) is 0.698. The number of benzene rings is 1. The molecular formula is C13H14BrNO3. The van der Waals surface area contributed by atoms with Gasteiger partial charge in [0.2, 0.25) is 5.91 Å². The smallest absolute Gasteiger partial charge is 0.335 e. The normalized spacial score (nSPS) is 16.5. The SMILES string of the molecule is O=C(O)c1ccc(N2CCCCCC2=O)c(Br)c1. The number of hydrogen-bond donors (Lipinski definition) is 1. The van der Waals surface area contributed by atoms with Crippen molar-refractivity contribution in [2.75, 3.05) is 11.4 Å². The molecule has 96 valence electrons. The number of halogens is 1. The summed E-state index contributed by atoms with van der Waals surface area (Å²) >= 11 is 3.35. The predicted molar refractivity (Wildman–Crippen MR) is 71.9 cm³/mol. The third kappa shape index (κ3) is 2.72. The first-order valence-corrected chi connectivity index (χ1v) is 6.72. The third-order valence-corrected chi connectivity index (χ3v) is 3.69. The van der Waals surface area contributed by atoms with Gasteiger partial charge in [0.15, 0.2) is 0 Å². The number of anilines is 1. The van der Waals surface area contributed by atoms with E-state index in [-0.39, 0.29) is 11.5 Å². The maximum atomic E-state index is 12.0. The molecule has 0 aromatic heterocycles. The van der Waals surface area contributed by atoms with Gasteiger partial charge in [0, 0.05) is 17.4 Å². The summed E-state index contributed by atoms with van der Waals surface area (Å²) in [5, 5.41) is 8.91. The summed E-state index contributed by atoms with van der Waals surface area (Å²) in [7, 11) is 0. The van der Waals surface area contributed by atoms with Crippen molar-refractivity contribution in [3.8, 4) is 0 Å². The summed E-state index contributed by atoms with van der Waals surface area (Å²) in [5.74, 6) is -0.860. The van der Waals surface area contributed by atoms with Crippen LogP contribution in [0.15, 0.2) is 22.7 Å². The van der Waals surface area contributed by atoms with E-state index in [1.54, 1.807) is 11.0 Å². The second-order valence-electron chi connectivity index (χ2n) is 4.33. The molecule has 1 fully saturated rings. The van der Waals surface area contributed by atoms with Crippen LogP contribution in [0.4, 0.5) is 5.69 Å². The van der Waals surface area contributed by atoms with Gasteiger partial charge in [0.05, 0.1) is 11.3 Å². The lowest BCUT2D eigenvalue weighted by Crippen LogP contribution is -2.30. The largest absolute Gasteiger partial charge is 0.478 e. The molecule has 5 heteroatoms. The molecule has 18 heavy (non-hydrogen) atoms. The Morgan fingerprint density at radius 3 is 2.72 bits per heavy atom. The first-order chi connectivity index (χ1) is 8.59. The van der Waals surface area contributed by atoms with E-state index >= 15 is 0 Å². The highest BCUT2D eigenvalue weighted by Gasteiger charge is 2.20. The fraction of sp³-hybridized carbons (Fsp3) is 0.385. The Morgan fingerprint density at radius 2 is 2.06 bits per heavy atom. The fourth-order valence-electron chi connectivity index (χ4n) is 2.10. The number of rotatable bonds is 2. The van der Waals surface area contributed by atoms with E-state index in [4.69, 9.17) is 5.11 Å². The van der Waals surface area contributed by atoms with Crippen LogP contribution >= 0.6 is 15.9 Å². The summed E-state index contributed by atoms with van der Waals surface area (Å²) in [6, 6.07) is 4.76. The van der Waals surface area contributed by atoms with E-state index in [1.165, 1.54) is 12.1 Å². The highest BCUT2D eigenvalue weighted by Crippen LogP contribution is 2.29. The quantitative estimate of drug-likeness (QED) is 0.913. The van der Waals surface area contributed by atoms with Crippen LogP contribution in [0.5, 0.6) is 0 Å². The van der Waals surface area contributed by atoms with Crippen molar-refractivity contribution in [3.05, 3.63) is 28.2 Å². The van der Waals surface area contributed by atoms with Gasteiger partial charge in [-0.3, -0.25) is 4.79 Å². The Kier molecular flexibility index (Phi) is 4.01. The summed E-state index contributed by atoms with van der Waals surface area (Å²) in [4.78, 5) is 24.6. The van der Waals surface area contributed by atoms with Crippen molar-refractivity contribution in [2.24, 2.45) is 0 Å². The average molecular weight is 312 g/mol. The van der Waals surface area contributed by atoms with Crippen LogP contribution < -0.4 is 4.90 Å². The third-order valence-electron chi connectivity index (χ3n) is 3.06. The molecule has 1 aromatic rings. The van der Waals surface area contributed by atoms with E-state index in [1.807, 2.05) is 0 Å². The molecule has 0 saturated carbocycles. The van der Waals surface area contributed by atoms with Crippen LogP contribution in [0, 0.1) is 0 Å². The van der Waals surface area contributed by atoms with Crippen molar-refractivity contribution in [1.29, 1.82) is 0 Å². The van der Waals surface area contributed by atoms with Crippen molar-refractivity contribution in [3.63, 3.8) is 0 Å². The molecule has 1 aliphatic heterocycles. The van der Waals surface area contributed by atoms with Crippen LogP contribution in [0.2, 0.25) is 0 Å². The minimum Gasteiger partial charge on any atom is -0.478 e. The number of carbonyl (C=O) groups is 2. The molecule has 1 heterocycles. The molecule has 0 bridgehead atoms. The molecule has 1 saturated heterocycles. The van der Waals surface area contributed by atoms with Gasteiger partial charge in [0.25, 0.3) is 0 Å². The Bertz CT molecular complexity index is 487. The molecule has 1 amide bonds. The number of amides is 1. The van der Waals surface area contributed by atoms with Gasteiger partial charge in [0.1, 0.15) is 0 Å². The lowest BCUT2D eigenvalue weighted by atomic mass is 10.2. The zero-order chi connectivity index (χ0) is 13.1. The van der Waals surface area contributed by atoms with Crippen LogP contribution in [-0.2, 0) is 4.79 Å². The maximum absolute atomic E-state index is 12.0. The van der Waals surface area contributed by atoms with E-state index in [0.717, 1.165) is 24.9 Å². The lowest BCUT2D eigenvalue weighted by Gasteiger charge is -2.22. The molecule has 1 aliphatic rings. The number of hydrogen-bond acceptors (Lipinski definition) is 2. The number of nitrogens with zero attached hydrogens (tertiary/aromatic N) is 1. The van der Waals surface area contributed by atoms with Crippen LogP contribution in [0.3, 0.4) is 0 Å². The lowest BCUT2D eigenvalue weighted by molar-refractivity contribution is -0.118. The number of carboxylic acid groups (broad SMARTS) is 1. The minimum absolute atomic E-state index is 0.108. The fourth-order valence-corrected chi connectivity index (χ4v) is 2.69. The molecule has 0 unspecified atom stereocenters. The van der Waals surface area contributed by atoms with Gasteiger partial charge in [-0.1, -0.05) is 6.42 Å². The van der Waals surface area contributed by atoms with E-state index < -0.39 is 5.97 Å². The standard InChI is InChI=1S/C13H14BrNO3/c14-10-8-9(13(17)18)5-6-11(10)15-7-3-1-2-4-12(15)16/h5-6,8H,1-4,7H2,(H,17,18). The van der Waals surface area contributed by atoms with Gasteiger partial charge >= 0.3 is 5.97 Å². The van der Waals surface area contributed by atoms with Crippen molar-refractivity contribution >= 4 is 33.5 Å². The maximum Gasteiger partial charge on any atom is 0.335 e.